The molecule has 16 heavy (non-hydrogen) atoms. The SMILES string of the molecule is COc1cc(F)c(NOC(C)(C)C)cc1O. The summed E-state index contributed by atoms with van der Waals surface area (Å²) in [6, 6.07) is 2.30. The molecule has 0 saturated carbocycles. The minimum atomic E-state index is -0.557. The summed E-state index contributed by atoms with van der Waals surface area (Å²) in [5, 5.41) is 9.46. The van der Waals surface area contributed by atoms with E-state index in [1.54, 1.807) is 0 Å². The van der Waals surface area contributed by atoms with E-state index in [0.29, 0.717) is 0 Å². The molecule has 0 radical (unpaired) electrons. The van der Waals surface area contributed by atoms with E-state index in [1.165, 1.54) is 13.2 Å². The Hall–Kier alpha value is -1.49. The van der Waals surface area contributed by atoms with E-state index < -0.39 is 11.4 Å². The Morgan fingerprint density at radius 2 is 1.94 bits per heavy atom. The highest BCUT2D eigenvalue weighted by molar-refractivity contribution is 5.54. The largest absolute Gasteiger partial charge is 0.504 e. The molecule has 0 aliphatic carbocycles. The van der Waals surface area contributed by atoms with Crippen LogP contribution in [0.5, 0.6) is 11.5 Å². The molecular weight excluding hydrogens is 213 g/mol. The lowest BCUT2D eigenvalue weighted by molar-refractivity contribution is 0.0368. The van der Waals surface area contributed by atoms with Crippen LogP contribution in [0.15, 0.2) is 12.1 Å². The summed E-state index contributed by atoms with van der Waals surface area (Å²) in [6.45, 7) is 5.46. The Morgan fingerprint density at radius 1 is 1.31 bits per heavy atom. The second-order valence-electron chi connectivity index (χ2n) is 4.32. The molecule has 0 aliphatic heterocycles. The number of nitrogens with one attached hydrogen (secondary N) is 1. The minimum absolute atomic E-state index is 0.0632. The van der Waals surface area contributed by atoms with Gasteiger partial charge in [0.25, 0.3) is 0 Å². The van der Waals surface area contributed by atoms with E-state index in [2.05, 4.69) is 5.48 Å². The van der Waals surface area contributed by atoms with Gasteiger partial charge in [-0.25, -0.2) is 4.39 Å². The van der Waals surface area contributed by atoms with Crippen LogP contribution in [0.4, 0.5) is 10.1 Å². The smallest absolute Gasteiger partial charge is 0.163 e. The molecule has 1 aromatic carbocycles. The van der Waals surface area contributed by atoms with Crippen LogP contribution in [-0.4, -0.2) is 17.8 Å². The highest BCUT2D eigenvalue weighted by atomic mass is 19.1. The fraction of sp³-hybridized carbons (Fsp3) is 0.455. The second-order valence-corrected chi connectivity index (χ2v) is 4.32. The number of halogens is 1. The predicted molar refractivity (Wildman–Crippen MR) is 59.1 cm³/mol. The van der Waals surface area contributed by atoms with E-state index in [-0.39, 0.29) is 17.2 Å². The van der Waals surface area contributed by atoms with Gasteiger partial charge in [-0.1, -0.05) is 0 Å². The Balaban J connectivity index is 2.86. The summed E-state index contributed by atoms with van der Waals surface area (Å²) in [7, 11) is 1.35. The summed E-state index contributed by atoms with van der Waals surface area (Å²) < 4.78 is 18.2. The van der Waals surface area contributed by atoms with E-state index in [9.17, 15) is 9.50 Å². The number of anilines is 1. The van der Waals surface area contributed by atoms with Crippen LogP contribution in [0, 0.1) is 5.82 Å². The fourth-order valence-electron chi connectivity index (χ4n) is 0.993. The molecule has 0 spiro atoms. The average Bonchev–Trinajstić information content (AvgIpc) is 2.17. The van der Waals surface area contributed by atoms with Gasteiger partial charge in [0, 0.05) is 12.1 Å². The first-order chi connectivity index (χ1) is 7.33. The van der Waals surface area contributed by atoms with Gasteiger partial charge in [0.1, 0.15) is 5.69 Å². The van der Waals surface area contributed by atoms with E-state index >= 15 is 0 Å². The lowest BCUT2D eigenvalue weighted by Crippen LogP contribution is -2.23. The van der Waals surface area contributed by atoms with Gasteiger partial charge in [-0.15, -0.1) is 0 Å². The summed E-state index contributed by atoms with van der Waals surface area (Å²) in [5.41, 5.74) is 2.06. The predicted octanol–water partition coefficient (Wildman–Crippen LogP) is 2.68. The molecule has 0 aromatic heterocycles. The van der Waals surface area contributed by atoms with Crippen LogP contribution in [0.1, 0.15) is 20.8 Å². The highest BCUT2D eigenvalue weighted by Crippen LogP contribution is 2.31. The minimum Gasteiger partial charge on any atom is -0.504 e. The summed E-state index contributed by atoms with van der Waals surface area (Å²) in [6.07, 6.45) is 0. The topological polar surface area (TPSA) is 50.7 Å². The molecule has 2 N–H and O–H groups in total. The quantitative estimate of drug-likeness (QED) is 0.782. The maximum absolute atomic E-state index is 13.5. The molecule has 1 aromatic rings. The number of rotatable bonds is 3. The first-order valence-corrected chi connectivity index (χ1v) is 4.84. The molecule has 5 heteroatoms. The van der Waals surface area contributed by atoms with Gasteiger partial charge in [0.05, 0.1) is 12.7 Å². The molecule has 0 fully saturated rings. The number of phenolic OH excluding ortho intramolecular Hbond substituents is 1. The van der Waals surface area contributed by atoms with Gasteiger partial charge in [0.2, 0.25) is 0 Å². The first-order valence-electron chi connectivity index (χ1n) is 4.84. The van der Waals surface area contributed by atoms with Gasteiger partial charge >= 0.3 is 0 Å². The number of ether oxygens (including phenoxy) is 1. The first kappa shape index (κ1) is 12.6. The fourth-order valence-corrected chi connectivity index (χ4v) is 0.993. The van der Waals surface area contributed by atoms with E-state index in [4.69, 9.17) is 9.57 Å². The standard InChI is InChI=1S/C11H16FNO3/c1-11(2,3)16-13-8-6-9(14)10(15-4)5-7(8)12/h5-6,13-14H,1-4H3. The molecule has 4 nitrogen and oxygen atoms in total. The summed E-state index contributed by atoms with van der Waals surface area (Å²) in [4.78, 5) is 5.18. The number of benzene rings is 1. The van der Waals surface area contributed by atoms with Gasteiger partial charge in [-0.3, -0.25) is 10.3 Å². The number of hydrogen-bond acceptors (Lipinski definition) is 4. The van der Waals surface area contributed by atoms with Crippen LogP contribution in [0.3, 0.4) is 0 Å². The average molecular weight is 229 g/mol. The second kappa shape index (κ2) is 4.57. The molecule has 1 rings (SSSR count). The van der Waals surface area contributed by atoms with E-state index in [0.717, 1.165) is 6.07 Å². The molecule has 0 heterocycles. The van der Waals surface area contributed by atoms with Crippen LogP contribution in [0.25, 0.3) is 0 Å². The summed E-state index contributed by atoms with van der Waals surface area (Å²) in [5.74, 6) is -0.624. The number of phenols is 1. The maximum atomic E-state index is 13.5. The molecular formula is C11H16FNO3. The Labute approximate surface area is 93.9 Å². The Kier molecular flexibility index (Phi) is 3.59. The number of hydrogen-bond donors (Lipinski definition) is 2. The molecule has 0 unspecified atom stereocenters. The van der Waals surface area contributed by atoms with Crippen molar-refractivity contribution < 1.29 is 19.1 Å². The van der Waals surface area contributed by atoms with Gasteiger partial charge in [-0.05, 0) is 20.8 Å². The van der Waals surface area contributed by atoms with Crippen molar-refractivity contribution in [3.63, 3.8) is 0 Å². The van der Waals surface area contributed by atoms with Crippen molar-refractivity contribution in [2.24, 2.45) is 0 Å². The third-order valence-corrected chi connectivity index (χ3v) is 1.74. The third kappa shape index (κ3) is 3.27. The van der Waals surface area contributed by atoms with Crippen LogP contribution < -0.4 is 10.2 Å². The Morgan fingerprint density at radius 3 is 2.44 bits per heavy atom. The van der Waals surface area contributed by atoms with Crippen molar-refractivity contribution >= 4 is 5.69 Å². The van der Waals surface area contributed by atoms with Gasteiger partial charge < -0.3 is 9.84 Å². The van der Waals surface area contributed by atoms with Gasteiger partial charge in [0.15, 0.2) is 17.3 Å². The number of methoxy groups -OCH3 is 1. The van der Waals surface area contributed by atoms with Crippen LogP contribution in [0.2, 0.25) is 0 Å². The third-order valence-electron chi connectivity index (χ3n) is 1.74. The monoisotopic (exact) mass is 229 g/mol. The summed E-state index contributed by atoms with van der Waals surface area (Å²) >= 11 is 0. The zero-order valence-corrected chi connectivity index (χ0v) is 9.80. The van der Waals surface area contributed by atoms with Gasteiger partial charge in [-0.2, -0.15) is 0 Å². The molecule has 0 saturated heterocycles. The molecule has 0 atom stereocenters. The van der Waals surface area contributed by atoms with Crippen molar-refractivity contribution in [2.75, 3.05) is 12.6 Å². The normalized spacial score (nSPS) is 11.3. The van der Waals surface area contributed by atoms with Crippen molar-refractivity contribution in [2.45, 2.75) is 26.4 Å². The van der Waals surface area contributed by atoms with Crippen molar-refractivity contribution in [1.29, 1.82) is 0 Å². The zero-order valence-electron chi connectivity index (χ0n) is 9.80. The van der Waals surface area contributed by atoms with Crippen molar-refractivity contribution in [1.82, 2.24) is 0 Å². The maximum Gasteiger partial charge on any atom is 0.163 e. The lowest BCUT2D eigenvalue weighted by atomic mass is 10.2. The molecule has 0 bridgehead atoms. The Bertz CT molecular complexity index is 374. The van der Waals surface area contributed by atoms with Crippen molar-refractivity contribution in [3.05, 3.63) is 17.9 Å². The molecule has 0 amide bonds. The molecule has 0 aliphatic rings. The zero-order chi connectivity index (χ0) is 12.3. The highest BCUT2D eigenvalue weighted by Gasteiger charge is 2.14. The van der Waals surface area contributed by atoms with Crippen LogP contribution >= 0.6 is 0 Å². The van der Waals surface area contributed by atoms with Crippen LogP contribution in [-0.2, 0) is 4.84 Å². The lowest BCUT2D eigenvalue weighted by Gasteiger charge is -2.20. The van der Waals surface area contributed by atoms with Crippen molar-refractivity contribution in [3.8, 4) is 11.5 Å². The van der Waals surface area contributed by atoms with E-state index in [1.807, 2.05) is 20.8 Å². The molecule has 90 valence electrons. The number of aromatic hydroxyl groups is 1.